The molecule has 1 fully saturated rings. The van der Waals surface area contributed by atoms with Crippen LogP contribution in [0.2, 0.25) is 0 Å². The van der Waals surface area contributed by atoms with Gasteiger partial charge in [0.05, 0.1) is 31.5 Å². The zero-order valence-corrected chi connectivity index (χ0v) is 16.3. The van der Waals surface area contributed by atoms with Gasteiger partial charge in [-0.15, -0.1) is 0 Å². The number of hydrogen-bond donors (Lipinski definition) is 2. The fourth-order valence-electron chi connectivity index (χ4n) is 3.10. The molecule has 0 bridgehead atoms. The lowest BCUT2D eigenvalue weighted by atomic mass is 10.0. The molecule has 0 aromatic heterocycles. The van der Waals surface area contributed by atoms with Gasteiger partial charge < -0.3 is 19.7 Å². The van der Waals surface area contributed by atoms with Gasteiger partial charge in [-0.3, -0.25) is 4.79 Å². The first kappa shape index (κ1) is 22.9. The number of esters is 1. The molecule has 5 nitrogen and oxygen atoms in total. The second-order valence-electron chi connectivity index (χ2n) is 6.96. The Kier molecular flexibility index (Phi) is 12.3. The number of aliphatic hydroxyl groups is 2. The van der Waals surface area contributed by atoms with E-state index in [4.69, 9.17) is 4.74 Å². The molecule has 0 aromatic rings. The highest BCUT2D eigenvalue weighted by Gasteiger charge is 2.36. The molecule has 1 aliphatic heterocycles. The molecule has 1 heterocycles. The molecule has 1 aliphatic rings. The lowest BCUT2D eigenvalue weighted by molar-refractivity contribution is -0.140. The number of hydrogen-bond acceptors (Lipinski definition) is 5. The Morgan fingerprint density at radius 2 is 2.00 bits per heavy atom. The number of carbonyl (C=O) groups excluding carboxylic acids is 1. The molecular formula is C21H36O5. The number of allylic oxidation sites excluding steroid dienone is 3. The molecule has 0 saturated carbocycles. The zero-order valence-electron chi connectivity index (χ0n) is 16.3. The third kappa shape index (κ3) is 9.51. The minimum absolute atomic E-state index is 0.165. The summed E-state index contributed by atoms with van der Waals surface area (Å²) >= 11 is 0. The first-order valence-corrected chi connectivity index (χ1v) is 9.96. The van der Waals surface area contributed by atoms with Crippen LogP contribution in [-0.2, 0) is 14.3 Å². The Labute approximate surface area is 158 Å². The number of unbranched alkanes of at least 4 members (excludes halogenated alkanes) is 3. The zero-order chi connectivity index (χ0) is 19.2. The van der Waals surface area contributed by atoms with E-state index in [1.807, 2.05) is 6.08 Å². The molecule has 2 unspecified atom stereocenters. The lowest BCUT2D eigenvalue weighted by Crippen LogP contribution is -2.26. The van der Waals surface area contributed by atoms with Crippen molar-refractivity contribution < 1.29 is 24.5 Å². The third-order valence-corrected chi connectivity index (χ3v) is 4.74. The minimum atomic E-state index is -0.501. The predicted molar refractivity (Wildman–Crippen MR) is 103 cm³/mol. The van der Waals surface area contributed by atoms with Crippen LogP contribution >= 0.6 is 0 Å². The first-order valence-electron chi connectivity index (χ1n) is 9.96. The summed E-state index contributed by atoms with van der Waals surface area (Å²) in [6, 6.07) is 0. The number of methoxy groups -OCH3 is 1. The van der Waals surface area contributed by atoms with Gasteiger partial charge in [0.25, 0.3) is 0 Å². The summed E-state index contributed by atoms with van der Waals surface area (Å²) in [6.45, 7) is 2.14. The normalized spacial score (nSPS) is 24.5. The van der Waals surface area contributed by atoms with Crippen LogP contribution in [0.15, 0.2) is 24.3 Å². The molecule has 0 aromatic carbocycles. The molecule has 4 atom stereocenters. The van der Waals surface area contributed by atoms with Crippen LogP contribution in [0.25, 0.3) is 0 Å². The highest BCUT2D eigenvalue weighted by molar-refractivity contribution is 5.69. The summed E-state index contributed by atoms with van der Waals surface area (Å²) in [7, 11) is 1.41. The van der Waals surface area contributed by atoms with Crippen LogP contribution in [0, 0.1) is 0 Å². The number of rotatable bonds is 13. The second kappa shape index (κ2) is 14.0. The van der Waals surface area contributed by atoms with E-state index in [1.54, 1.807) is 0 Å². The molecular weight excluding hydrogens is 332 g/mol. The summed E-state index contributed by atoms with van der Waals surface area (Å²) in [5.41, 5.74) is 0. The Bertz CT molecular complexity index is 432. The maximum absolute atomic E-state index is 11.0. The van der Waals surface area contributed by atoms with Crippen LogP contribution in [0.1, 0.15) is 71.1 Å². The van der Waals surface area contributed by atoms with Crippen molar-refractivity contribution in [3.63, 3.8) is 0 Å². The van der Waals surface area contributed by atoms with Crippen molar-refractivity contribution in [2.24, 2.45) is 0 Å². The van der Waals surface area contributed by atoms with E-state index < -0.39 is 12.2 Å². The van der Waals surface area contributed by atoms with Crippen molar-refractivity contribution >= 4 is 5.97 Å². The summed E-state index contributed by atoms with van der Waals surface area (Å²) in [6.07, 6.45) is 14.9. The highest BCUT2D eigenvalue weighted by Crippen LogP contribution is 2.27. The molecule has 0 radical (unpaired) electrons. The van der Waals surface area contributed by atoms with E-state index in [1.165, 1.54) is 7.11 Å². The van der Waals surface area contributed by atoms with Gasteiger partial charge in [0, 0.05) is 12.8 Å². The molecule has 0 spiro atoms. The van der Waals surface area contributed by atoms with E-state index in [0.717, 1.165) is 44.9 Å². The van der Waals surface area contributed by atoms with Gasteiger partial charge in [0.15, 0.2) is 0 Å². The second-order valence-corrected chi connectivity index (χ2v) is 6.96. The van der Waals surface area contributed by atoms with E-state index >= 15 is 0 Å². The topological polar surface area (TPSA) is 76.0 Å². The molecule has 5 heteroatoms. The summed E-state index contributed by atoms with van der Waals surface area (Å²) in [4.78, 5) is 11.0. The Morgan fingerprint density at radius 3 is 2.73 bits per heavy atom. The quantitative estimate of drug-likeness (QED) is 0.295. The molecule has 150 valence electrons. The van der Waals surface area contributed by atoms with Gasteiger partial charge in [-0.25, -0.2) is 0 Å². The van der Waals surface area contributed by atoms with E-state index in [0.29, 0.717) is 19.3 Å². The van der Waals surface area contributed by atoms with E-state index in [-0.39, 0.29) is 18.2 Å². The molecule has 1 rings (SSSR count). The fourth-order valence-corrected chi connectivity index (χ4v) is 3.10. The fraction of sp³-hybridized carbons (Fsp3) is 0.762. The van der Waals surface area contributed by atoms with Crippen LogP contribution in [0.5, 0.6) is 0 Å². The first-order chi connectivity index (χ1) is 12.6. The van der Waals surface area contributed by atoms with E-state index in [9.17, 15) is 15.0 Å². The van der Waals surface area contributed by atoms with Crippen LogP contribution in [-0.4, -0.2) is 47.7 Å². The summed E-state index contributed by atoms with van der Waals surface area (Å²) < 4.78 is 10.4. The maximum Gasteiger partial charge on any atom is 0.305 e. The van der Waals surface area contributed by atoms with Crippen molar-refractivity contribution in [1.29, 1.82) is 0 Å². The van der Waals surface area contributed by atoms with Gasteiger partial charge in [-0.1, -0.05) is 50.5 Å². The van der Waals surface area contributed by atoms with Crippen molar-refractivity contribution in [1.82, 2.24) is 0 Å². The molecule has 2 N–H and O–H groups in total. The van der Waals surface area contributed by atoms with Crippen molar-refractivity contribution in [3.8, 4) is 0 Å². The van der Waals surface area contributed by atoms with Crippen LogP contribution < -0.4 is 0 Å². The van der Waals surface area contributed by atoms with Crippen molar-refractivity contribution in [3.05, 3.63) is 24.3 Å². The number of aliphatic hydroxyl groups excluding tert-OH is 2. The molecule has 1 saturated heterocycles. The maximum atomic E-state index is 11.0. The average molecular weight is 369 g/mol. The molecule has 26 heavy (non-hydrogen) atoms. The van der Waals surface area contributed by atoms with E-state index in [2.05, 4.69) is 29.9 Å². The Balaban J connectivity index is 2.16. The monoisotopic (exact) mass is 368 g/mol. The lowest BCUT2D eigenvalue weighted by Gasteiger charge is -2.18. The number of carbonyl (C=O) groups is 1. The van der Waals surface area contributed by atoms with Gasteiger partial charge in [-0.05, 0) is 32.1 Å². The van der Waals surface area contributed by atoms with Crippen molar-refractivity contribution in [2.75, 3.05) is 7.11 Å². The Morgan fingerprint density at radius 1 is 1.23 bits per heavy atom. The molecule has 0 amide bonds. The standard InChI is InChI=1S/C21H36O5/c1-3-4-10-13-17(22)20-16-18(23)19(26-20)14-11-8-6-5-7-9-12-15-21(24)25-2/h5,7-8,11,17-20,22-23H,3-4,6,9-10,12-16H2,1-2H3/b7-5-,11-8-/t17?,18-,19+,20?/m1/s1. The highest BCUT2D eigenvalue weighted by atomic mass is 16.5. The SMILES string of the molecule is CCCCCC(O)C1C[C@@H](O)[C@H](C/C=C\C/C=C\CCCC(=O)OC)O1. The average Bonchev–Trinajstić information content (AvgIpc) is 3.01. The largest absolute Gasteiger partial charge is 0.469 e. The van der Waals surface area contributed by atoms with Gasteiger partial charge >= 0.3 is 5.97 Å². The molecule has 0 aliphatic carbocycles. The number of ether oxygens (including phenoxy) is 2. The Hall–Kier alpha value is -1.17. The van der Waals surface area contributed by atoms with Crippen molar-refractivity contribution in [2.45, 2.75) is 95.5 Å². The summed E-state index contributed by atoms with van der Waals surface area (Å²) in [5, 5.41) is 20.3. The van der Waals surface area contributed by atoms with Gasteiger partial charge in [0.2, 0.25) is 0 Å². The van der Waals surface area contributed by atoms with Crippen LogP contribution in [0.3, 0.4) is 0 Å². The van der Waals surface area contributed by atoms with Gasteiger partial charge in [0.1, 0.15) is 0 Å². The van der Waals surface area contributed by atoms with Crippen LogP contribution in [0.4, 0.5) is 0 Å². The minimum Gasteiger partial charge on any atom is -0.469 e. The third-order valence-electron chi connectivity index (χ3n) is 4.74. The summed E-state index contributed by atoms with van der Waals surface area (Å²) in [5.74, 6) is -0.165. The smallest absolute Gasteiger partial charge is 0.305 e. The predicted octanol–water partition coefficient (Wildman–Crippen LogP) is 3.68. The van der Waals surface area contributed by atoms with Gasteiger partial charge in [-0.2, -0.15) is 0 Å².